The largest absolute Gasteiger partial charge is 0.459 e. The number of guanidine groups is 1. The lowest BCUT2D eigenvalue weighted by molar-refractivity contribution is 0.530. The van der Waals surface area contributed by atoms with E-state index in [1.54, 1.807) is 13.1 Å². The summed E-state index contributed by atoms with van der Waals surface area (Å²) >= 11 is 1.94. The molecule has 4 nitrogen and oxygen atoms in total. The molecular weight excluding hydrogens is 452 g/mol. The second-order valence-corrected chi connectivity index (χ2v) is 7.37. The van der Waals surface area contributed by atoms with Gasteiger partial charge < -0.3 is 15.1 Å². The minimum Gasteiger partial charge on any atom is -0.459 e. The molecule has 0 amide bonds. The van der Waals surface area contributed by atoms with Gasteiger partial charge in [-0.2, -0.15) is 11.8 Å². The molecular formula is C18H25FIN3OS. The topological polar surface area (TPSA) is 49.6 Å². The van der Waals surface area contributed by atoms with E-state index in [0.29, 0.717) is 18.2 Å². The Hall–Kier alpha value is -0.960. The summed E-state index contributed by atoms with van der Waals surface area (Å²) in [6.07, 6.45) is 5.78. The summed E-state index contributed by atoms with van der Waals surface area (Å²) in [5.74, 6) is 1.35. The van der Waals surface area contributed by atoms with Crippen molar-refractivity contribution in [3.8, 4) is 0 Å². The van der Waals surface area contributed by atoms with E-state index in [4.69, 9.17) is 4.42 Å². The normalized spacial score (nSPS) is 20.6. The maximum atomic E-state index is 13.4. The van der Waals surface area contributed by atoms with E-state index in [0.717, 1.165) is 27.9 Å². The number of benzene rings is 1. The Labute approximate surface area is 169 Å². The molecule has 1 saturated carbocycles. The third-order valence-corrected chi connectivity index (χ3v) is 5.79. The second kappa shape index (κ2) is 9.12. The molecule has 1 fully saturated rings. The van der Waals surface area contributed by atoms with Crippen LogP contribution in [-0.2, 0) is 6.54 Å². The number of nitrogens with zero attached hydrogens (tertiary/aromatic N) is 1. The molecule has 1 aliphatic rings. The summed E-state index contributed by atoms with van der Waals surface area (Å²) in [6.45, 7) is 2.49. The molecule has 2 atom stereocenters. The van der Waals surface area contributed by atoms with Crippen LogP contribution in [0.1, 0.15) is 30.6 Å². The maximum Gasteiger partial charge on any atom is 0.191 e. The molecule has 2 aromatic rings. The van der Waals surface area contributed by atoms with Crippen molar-refractivity contribution in [1.82, 2.24) is 10.6 Å². The molecule has 25 heavy (non-hydrogen) atoms. The van der Waals surface area contributed by atoms with E-state index >= 15 is 0 Å². The first-order valence-corrected chi connectivity index (χ1v) is 9.57. The number of fused-ring (bicyclic) bond motifs is 1. The smallest absolute Gasteiger partial charge is 0.191 e. The highest BCUT2D eigenvalue weighted by Crippen LogP contribution is 2.28. The highest BCUT2D eigenvalue weighted by Gasteiger charge is 2.24. The first-order valence-electron chi connectivity index (χ1n) is 8.28. The molecule has 1 aliphatic carbocycles. The monoisotopic (exact) mass is 477 g/mol. The van der Waals surface area contributed by atoms with E-state index in [-0.39, 0.29) is 29.8 Å². The van der Waals surface area contributed by atoms with Crippen LogP contribution in [0, 0.1) is 12.7 Å². The van der Waals surface area contributed by atoms with Crippen LogP contribution < -0.4 is 10.6 Å². The summed E-state index contributed by atoms with van der Waals surface area (Å²) in [4.78, 5) is 4.30. The van der Waals surface area contributed by atoms with Crippen LogP contribution in [0.5, 0.6) is 0 Å². The Morgan fingerprint density at radius 1 is 1.40 bits per heavy atom. The van der Waals surface area contributed by atoms with Crippen LogP contribution in [0.2, 0.25) is 0 Å². The minimum atomic E-state index is -0.243. The fourth-order valence-electron chi connectivity index (χ4n) is 3.25. The van der Waals surface area contributed by atoms with Crippen molar-refractivity contribution in [2.75, 3.05) is 13.3 Å². The number of aliphatic imine (C=N–C) groups is 1. The molecule has 0 bridgehead atoms. The number of hydrogen-bond acceptors (Lipinski definition) is 3. The van der Waals surface area contributed by atoms with Crippen LogP contribution >= 0.6 is 35.7 Å². The van der Waals surface area contributed by atoms with Crippen LogP contribution in [0.3, 0.4) is 0 Å². The van der Waals surface area contributed by atoms with E-state index < -0.39 is 0 Å². The number of hydrogen-bond donors (Lipinski definition) is 2. The standard InChI is InChI=1S/C18H24FN3OS.HI/c1-11-15-8-12(19)4-7-16(15)23-17(11)10-21-18(20-2)22-13-5-6-14(9-13)24-3;/h4,7-8,13-14H,5-6,9-10H2,1-3H3,(H2,20,21,22);1H. The summed E-state index contributed by atoms with van der Waals surface area (Å²) in [6, 6.07) is 5.09. The fraction of sp³-hybridized carbons (Fsp3) is 0.500. The van der Waals surface area contributed by atoms with Gasteiger partial charge in [-0.1, -0.05) is 0 Å². The van der Waals surface area contributed by atoms with Gasteiger partial charge in [0.1, 0.15) is 17.2 Å². The molecule has 1 aromatic heterocycles. The predicted octanol–water partition coefficient (Wildman–Crippen LogP) is 4.45. The van der Waals surface area contributed by atoms with Crippen molar-refractivity contribution in [2.45, 2.75) is 44.0 Å². The molecule has 0 spiro atoms. The average Bonchev–Trinajstić information content (AvgIpc) is 3.16. The van der Waals surface area contributed by atoms with E-state index in [1.807, 2.05) is 18.7 Å². The molecule has 7 heteroatoms. The molecule has 0 aliphatic heterocycles. The Balaban J connectivity index is 0.00000225. The van der Waals surface area contributed by atoms with Gasteiger partial charge in [0.2, 0.25) is 0 Å². The molecule has 138 valence electrons. The molecule has 1 heterocycles. The number of furan rings is 1. The Bertz CT molecular complexity index is 749. The zero-order chi connectivity index (χ0) is 17.1. The molecule has 2 N–H and O–H groups in total. The van der Waals surface area contributed by atoms with Gasteiger partial charge in [-0.25, -0.2) is 4.39 Å². The average molecular weight is 477 g/mol. The number of aryl methyl sites for hydroxylation is 1. The Morgan fingerprint density at radius 2 is 2.20 bits per heavy atom. The molecule has 0 saturated heterocycles. The van der Waals surface area contributed by atoms with Crippen LogP contribution in [0.15, 0.2) is 27.6 Å². The van der Waals surface area contributed by atoms with Gasteiger partial charge in [0, 0.05) is 29.3 Å². The third-order valence-electron chi connectivity index (χ3n) is 4.70. The highest BCUT2D eigenvalue weighted by atomic mass is 127. The Morgan fingerprint density at radius 3 is 2.88 bits per heavy atom. The quantitative estimate of drug-likeness (QED) is 0.388. The number of thioether (sulfide) groups is 1. The van der Waals surface area contributed by atoms with Gasteiger partial charge in [0.05, 0.1) is 6.54 Å². The van der Waals surface area contributed by atoms with Crippen molar-refractivity contribution >= 4 is 52.7 Å². The van der Waals surface area contributed by atoms with Crippen molar-refractivity contribution in [3.05, 3.63) is 35.3 Å². The van der Waals surface area contributed by atoms with Crippen LogP contribution in [0.25, 0.3) is 11.0 Å². The summed E-state index contributed by atoms with van der Waals surface area (Å²) in [5.41, 5.74) is 1.68. The molecule has 3 rings (SSSR count). The van der Waals surface area contributed by atoms with Gasteiger partial charge >= 0.3 is 0 Å². The van der Waals surface area contributed by atoms with Gasteiger partial charge in [0.25, 0.3) is 0 Å². The zero-order valence-electron chi connectivity index (χ0n) is 14.8. The number of nitrogens with one attached hydrogen (secondary N) is 2. The van der Waals surface area contributed by atoms with Gasteiger partial charge in [-0.15, -0.1) is 24.0 Å². The van der Waals surface area contributed by atoms with Gasteiger partial charge in [-0.05, 0) is 50.6 Å². The Kier molecular flexibility index (Phi) is 7.42. The van der Waals surface area contributed by atoms with E-state index in [2.05, 4.69) is 21.9 Å². The van der Waals surface area contributed by atoms with E-state index in [1.165, 1.54) is 31.4 Å². The lowest BCUT2D eigenvalue weighted by atomic mass is 10.1. The van der Waals surface area contributed by atoms with Crippen molar-refractivity contribution in [3.63, 3.8) is 0 Å². The van der Waals surface area contributed by atoms with Crippen molar-refractivity contribution in [1.29, 1.82) is 0 Å². The first kappa shape index (κ1) is 20.4. The lowest BCUT2D eigenvalue weighted by Crippen LogP contribution is -2.42. The lowest BCUT2D eigenvalue weighted by Gasteiger charge is -2.17. The molecule has 1 aromatic carbocycles. The van der Waals surface area contributed by atoms with Gasteiger partial charge in [-0.3, -0.25) is 4.99 Å². The molecule has 0 radical (unpaired) electrons. The van der Waals surface area contributed by atoms with Gasteiger partial charge in [0.15, 0.2) is 5.96 Å². The number of rotatable bonds is 4. The minimum absolute atomic E-state index is 0. The SMILES string of the molecule is CN=C(NCc1oc2ccc(F)cc2c1C)NC1CCC(SC)C1.I. The maximum absolute atomic E-state index is 13.4. The van der Waals surface area contributed by atoms with Crippen LogP contribution in [-0.4, -0.2) is 30.6 Å². The molecule has 2 unspecified atom stereocenters. The first-order chi connectivity index (χ1) is 11.6. The zero-order valence-corrected chi connectivity index (χ0v) is 17.9. The highest BCUT2D eigenvalue weighted by molar-refractivity contribution is 14.0. The van der Waals surface area contributed by atoms with Crippen molar-refractivity contribution < 1.29 is 8.81 Å². The van der Waals surface area contributed by atoms with Crippen molar-refractivity contribution in [2.24, 2.45) is 4.99 Å². The summed E-state index contributed by atoms with van der Waals surface area (Å²) in [7, 11) is 1.78. The number of halogens is 2. The second-order valence-electron chi connectivity index (χ2n) is 6.23. The van der Waals surface area contributed by atoms with E-state index in [9.17, 15) is 4.39 Å². The van der Waals surface area contributed by atoms with Crippen LogP contribution in [0.4, 0.5) is 4.39 Å². The fourth-order valence-corrected chi connectivity index (χ4v) is 4.05. The third kappa shape index (κ3) is 4.81. The summed E-state index contributed by atoms with van der Waals surface area (Å²) < 4.78 is 19.2. The summed E-state index contributed by atoms with van der Waals surface area (Å²) in [5, 5.41) is 8.36. The predicted molar refractivity (Wildman–Crippen MR) is 115 cm³/mol.